The Hall–Kier alpha value is -1.79. The molecule has 82 valence electrons. The molecule has 0 bridgehead atoms. The zero-order chi connectivity index (χ0) is 11.6. The fourth-order valence-corrected chi connectivity index (χ4v) is 1.09. The largest absolute Gasteiger partial charge is 0.506 e. The molecule has 15 heavy (non-hydrogen) atoms. The third-order valence-corrected chi connectivity index (χ3v) is 1.70. The van der Waals surface area contributed by atoms with Gasteiger partial charge in [-0.05, 0) is 0 Å². The maximum atomic E-state index is 12.9. The molecule has 0 aromatic carbocycles. The van der Waals surface area contributed by atoms with Crippen LogP contribution in [0.25, 0.3) is 0 Å². The quantitative estimate of drug-likeness (QED) is 0.758. The fourth-order valence-electron chi connectivity index (χ4n) is 1.09. The Kier molecular flexibility index (Phi) is 3.13. The van der Waals surface area contributed by atoms with Gasteiger partial charge in [-0.3, -0.25) is 4.79 Å². The molecule has 1 aromatic rings. The minimum atomic E-state index is -3.16. The molecule has 0 amide bonds. The van der Waals surface area contributed by atoms with Gasteiger partial charge in [-0.25, -0.2) is 13.8 Å². The minimum Gasteiger partial charge on any atom is -0.506 e. The summed E-state index contributed by atoms with van der Waals surface area (Å²) in [6, 6.07) is 0. The highest BCUT2D eigenvalue weighted by Gasteiger charge is 2.23. The van der Waals surface area contributed by atoms with Gasteiger partial charge in [-0.15, -0.1) is 0 Å². The van der Waals surface area contributed by atoms with E-state index in [1.54, 1.807) is 0 Å². The highest BCUT2D eigenvalue weighted by Crippen LogP contribution is 2.32. The van der Waals surface area contributed by atoms with Crippen LogP contribution in [0.3, 0.4) is 0 Å². The van der Waals surface area contributed by atoms with Crippen LogP contribution in [-0.4, -0.2) is 21.2 Å². The van der Waals surface area contributed by atoms with E-state index in [0.717, 1.165) is 0 Å². The number of rotatable bonds is 3. The lowest BCUT2D eigenvalue weighted by molar-refractivity contribution is -0.136. The molecule has 0 radical (unpaired) electrons. The topological polar surface area (TPSA) is 70.4 Å². The number of carbonyl (C=O) groups is 1. The van der Waals surface area contributed by atoms with Crippen LogP contribution in [0.15, 0.2) is 6.20 Å². The van der Waals surface area contributed by atoms with Crippen molar-refractivity contribution in [3.8, 4) is 5.75 Å². The Morgan fingerprint density at radius 3 is 2.60 bits per heavy atom. The lowest BCUT2D eigenvalue weighted by atomic mass is 10.1. The zero-order valence-corrected chi connectivity index (χ0v) is 7.25. The SMILES string of the molecule is O=C(O)Cc1c(F)ncc(O)c1C(F)F. The summed E-state index contributed by atoms with van der Waals surface area (Å²) >= 11 is 0. The van der Waals surface area contributed by atoms with Gasteiger partial charge in [0.05, 0.1) is 18.2 Å². The molecule has 4 nitrogen and oxygen atoms in total. The van der Waals surface area contributed by atoms with Crippen molar-refractivity contribution in [1.82, 2.24) is 4.98 Å². The summed E-state index contributed by atoms with van der Waals surface area (Å²) in [5.74, 6) is -3.71. The number of aromatic hydroxyl groups is 1. The summed E-state index contributed by atoms with van der Waals surface area (Å²) in [5.41, 5.74) is -1.82. The average molecular weight is 221 g/mol. The molecule has 1 aromatic heterocycles. The maximum absolute atomic E-state index is 12.9. The highest BCUT2D eigenvalue weighted by molar-refractivity contribution is 5.71. The van der Waals surface area contributed by atoms with Crippen LogP contribution in [0.1, 0.15) is 17.6 Å². The molecular weight excluding hydrogens is 215 g/mol. The average Bonchev–Trinajstić information content (AvgIpc) is 2.10. The van der Waals surface area contributed by atoms with Gasteiger partial charge in [0.1, 0.15) is 5.75 Å². The van der Waals surface area contributed by atoms with Crippen LogP contribution >= 0.6 is 0 Å². The van der Waals surface area contributed by atoms with Crippen molar-refractivity contribution in [2.75, 3.05) is 0 Å². The predicted octanol–water partition coefficient (Wildman–Crippen LogP) is 1.49. The summed E-state index contributed by atoms with van der Waals surface area (Å²) in [6.07, 6.45) is -3.59. The first-order valence-electron chi connectivity index (χ1n) is 3.79. The molecule has 2 N–H and O–H groups in total. The summed E-state index contributed by atoms with van der Waals surface area (Å²) in [5, 5.41) is 17.4. The number of nitrogens with zero attached hydrogens (tertiary/aromatic N) is 1. The van der Waals surface area contributed by atoms with E-state index in [0.29, 0.717) is 6.20 Å². The summed E-state index contributed by atoms with van der Waals surface area (Å²) in [6.45, 7) is 0. The van der Waals surface area contributed by atoms with Crippen molar-refractivity contribution in [1.29, 1.82) is 0 Å². The molecule has 0 aliphatic heterocycles. The van der Waals surface area contributed by atoms with Gasteiger partial charge >= 0.3 is 5.97 Å². The fraction of sp³-hybridized carbons (Fsp3) is 0.250. The highest BCUT2D eigenvalue weighted by atomic mass is 19.3. The van der Waals surface area contributed by atoms with E-state index in [1.165, 1.54) is 0 Å². The van der Waals surface area contributed by atoms with Crippen LogP contribution in [-0.2, 0) is 11.2 Å². The summed E-state index contributed by atoms with van der Waals surface area (Å²) in [7, 11) is 0. The number of carboxylic acids is 1. The van der Waals surface area contributed by atoms with Gasteiger partial charge < -0.3 is 10.2 Å². The van der Waals surface area contributed by atoms with E-state index in [2.05, 4.69) is 4.98 Å². The molecule has 1 rings (SSSR count). The molecule has 7 heteroatoms. The van der Waals surface area contributed by atoms with Gasteiger partial charge in [0, 0.05) is 5.56 Å². The number of halogens is 3. The first-order valence-corrected chi connectivity index (χ1v) is 3.79. The maximum Gasteiger partial charge on any atom is 0.308 e. The molecule has 0 aliphatic carbocycles. The second-order valence-electron chi connectivity index (χ2n) is 2.70. The first-order chi connectivity index (χ1) is 6.93. The molecule has 0 fully saturated rings. The first kappa shape index (κ1) is 11.3. The van der Waals surface area contributed by atoms with Crippen molar-refractivity contribution in [2.24, 2.45) is 0 Å². The van der Waals surface area contributed by atoms with E-state index in [1.807, 2.05) is 0 Å². The van der Waals surface area contributed by atoms with Crippen LogP contribution in [0.2, 0.25) is 0 Å². The van der Waals surface area contributed by atoms with Crippen molar-refractivity contribution in [2.45, 2.75) is 12.8 Å². The normalized spacial score (nSPS) is 10.7. The second kappa shape index (κ2) is 4.16. The molecule has 0 saturated carbocycles. The standard InChI is InChI=1S/C8H6F3NO3/c9-7(10)6-3(1-5(14)15)8(11)12-2-4(6)13/h2,7,13H,1H2,(H,14,15). The smallest absolute Gasteiger partial charge is 0.308 e. The van der Waals surface area contributed by atoms with Crippen molar-refractivity contribution >= 4 is 5.97 Å². The zero-order valence-electron chi connectivity index (χ0n) is 7.25. The van der Waals surface area contributed by atoms with Gasteiger partial charge in [-0.2, -0.15) is 4.39 Å². The van der Waals surface area contributed by atoms with Crippen LogP contribution < -0.4 is 0 Å². The number of hydrogen-bond donors (Lipinski definition) is 2. The van der Waals surface area contributed by atoms with E-state index in [-0.39, 0.29) is 0 Å². The van der Waals surface area contributed by atoms with Gasteiger partial charge in [0.15, 0.2) is 0 Å². The van der Waals surface area contributed by atoms with Crippen LogP contribution in [0, 0.1) is 5.95 Å². The number of aliphatic carboxylic acids is 1. The van der Waals surface area contributed by atoms with Gasteiger partial charge in [0.25, 0.3) is 6.43 Å². The molecule has 0 spiro atoms. The third kappa shape index (κ3) is 2.36. The Morgan fingerprint density at radius 2 is 2.13 bits per heavy atom. The number of carboxylic acid groups (broad SMARTS) is 1. The van der Waals surface area contributed by atoms with Crippen molar-refractivity contribution in [3.63, 3.8) is 0 Å². The predicted molar refractivity (Wildman–Crippen MR) is 42.2 cm³/mol. The summed E-state index contributed by atoms with van der Waals surface area (Å²) < 4.78 is 37.7. The third-order valence-electron chi connectivity index (χ3n) is 1.70. The minimum absolute atomic E-state index is 0.516. The Bertz CT molecular complexity index is 395. The number of hydrogen-bond acceptors (Lipinski definition) is 3. The Balaban J connectivity index is 3.31. The number of alkyl halides is 2. The van der Waals surface area contributed by atoms with E-state index in [4.69, 9.17) is 10.2 Å². The molecule has 0 saturated heterocycles. The van der Waals surface area contributed by atoms with Gasteiger partial charge in [-0.1, -0.05) is 0 Å². The molecule has 1 heterocycles. The summed E-state index contributed by atoms with van der Waals surface area (Å²) in [4.78, 5) is 13.2. The van der Waals surface area contributed by atoms with Crippen LogP contribution in [0.5, 0.6) is 5.75 Å². The molecule has 0 aliphatic rings. The van der Waals surface area contributed by atoms with Gasteiger partial charge in [0.2, 0.25) is 5.95 Å². The van der Waals surface area contributed by atoms with E-state index >= 15 is 0 Å². The van der Waals surface area contributed by atoms with Crippen molar-refractivity contribution in [3.05, 3.63) is 23.3 Å². The lowest BCUT2D eigenvalue weighted by Crippen LogP contribution is -2.08. The van der Waals surface area contributed by atoms with Crippen molar-refractivity contribution < 1.29 is 28.2 Å². The molecular formula is C8H6F3NO3. The van der Waals surface area contributed by atoms with E-state index < -0.39 is 41.6 Å². The number of aromatic nitrogens is 1. The lowest BCUT2D eigenvalue weighted by Gasteiger charge is -2.08. The molecule has 0 atom stereocenters. The second-order valence-corrected chi connectivity index (χ2v) is 2.70. The molecule has 0 unspecified atom stereocenters. The number of pyridine rings is 1. The van der Waals surface area contributed by atoms with Crippen LogP contribution in [0.4, 0.5) is 13.2 Å². The Morgan fingerprint density at radius 1 is 1.53 bits per heavy atom. The Labute approximate surface area is 82.0 Å². The van der Waals surface area contributed by atoms with E-state index in [9.17, 15) is 18.0 Å². The monoisotopic (exact) mass is 221 g/mol.